The number of nitrogens with zero attached hydrogens (tertiary/aromatic N) is 2. The third kappa shape index (κ3) is 2.16. The maximum atomic E-state index is 12.5. The average Bonchev–Trinajstić information content (AvgIpc) is 2.75. The van der Waals surface area contributed by atoms with Gasteiger partial charge in [-0.2, -0.15) is 0 Å². The van der Waals surface area contributed by atoms with E-state index in [1.807, 2.05) is 12.3 Å². The zero-order chi connectivity index (χ0) is 13.6. The Morgan fingerprint density at radius 3 is 2.58 bits per heavy atom. The summed E-state index contributed by atoms with van der Waals surface area (Å²) in [6.45, 7) is 1.81. The van der Waals surface area contributed by atoms with Gasteiger partial charge in [0.25, 0.3) is 5.56 Å². The van der Waals surface area contributed by atoms with Crippen molar-refractivity contribution >= 4 is 39.5 Å². The number of rotatable bonds is 1. The molecule has 0 radical (unpaired) electrons. The second-order valence-electron chi connectivity index (χ2n) is 4.09. The molecule has 0 saturated carbocycles. The molecule has 6 heteroatoms. The molecule has 3 aromatic rings. The number of benzene rings is 1. The molecule has 96 valence electrons. The number of fused-ring (bicyclic) bond motifs is 1. The van der Waals surface area contributed by atoms with Gasteiger partial charge in [-0.05, 0) is 30.7 Å². The predicted octanol–water partition coefficient (Wildman–Crippen LogP) is 4.04. The van der Waals surface area contributed by atoms with Crippen LogP contribution in [0.1, 0.15) is 5.69 Å². The standard InChI is InChI=1S/C13H8Cl2N2OS/c1-7-11(8-4-9(14)6-10(15)5-8)12(18)17-2-3-19-13(17)16-7/h2-6H,1H3. The zero-order valence-corrected chi connectivity index (χ0v) is 12.2. The summed E-state index contributed by atoms with van der Waals surface area (Å²) in [6.07, 6.45) is 1.71. The molecule has 0 bridgehead atoms. The van der Waals surface area contributed by atoms with E-state index < -0.39 is 0 Å². The van der Waals surface area contributed by atoms with Gasteiger partial charge < -0.3 is 0 Å². The van der Waals surface area contributed by atoms with E-state index in [0.29, 0.717) is 31.8 Å². The molecule has 2 aromatic heterocycles. The van der Waals surface area contributed by atoms with Gasteiger partial charge in [0.2, 0.25) is 0 Å². The monoisotopic (exact) mass is 310 g/mol. The van der Waals surface area contributed by atoms with Crippen molar-refractivity contribution < 1.29 is 0 Å². The molecule has 0 aliphatic carbocycles. The molecule has 2 heterocycles. The zero-order valence-electron chi connectivity index (χ0n) is 9.85. The van der Waals surface area contributed by atoms with Crippen LogP contribution in [0.5, 0.6) is 0 Å². The van der Waals surface area contributed by atoms with Crippen molar-refractivity contribution in [3.63, 3.8) is 0 Å². The molecule has 1 aromatic carbocycles. The van der Waals surface area contributed by atoms with Crippen molar-refractivity contribution in [3.05, 3.63) is 55.9 Å². The van der Waals surface area contributed by atoms with Gasteiger partial charge in [-0.1, -0.05) is 23.2 Å². The summed E-state index contributed by atoms with van der Waals surface area (Å²) >= 11 is 13.4. The summed E-state index contributed by atoms with van der Waals surface area (Å²) in [5, 5.41) is 2.83. The minimum absolute atomic E-state index is 0.109. The van der Waals surface area contributed by atoms with E-state index in [4.69, 9.17) is 23.2 Å². The van der Waals surface area contributed by atoms with E-state index in [-0.39, 0.29) is 5.56 Å². The highest BCUT2D eigenvalue weighted by Gasteiger charge is 2.13. The van der Waals surface area contributed by atoms with E-state index >= 15 is 0 Å². The van der Waals surface area contributed by atoms with Crippen molar-refractivity contribution in [3.8, 4) is 11.1 Å². The second kappa shape index (κ2) is 4.63. The third-order valence-corrected chi connectivity index (χ3v) is 3.99. The number of aryl methyl sites for hydroxylation is 1. The Kier molecular flexibility index (Phi) is 3.09. The Bertz CT molecular complexity index is 818. The second-order valence-corrected chi connectivity index (χ2v) is 5.84. The molecule has 0 unspecified atom stereocenters. The minimum Gasteiger partial charge on any atom is -0.268 e. The molecular weight excluding hydrogens is 303 g/mol. The fraction of sp³-hybridized carbons (Fsp3) is 0.0769. The summed E-state index contributed by atoms with van der Waals surface area (Å²) in [5.74, 6) is 0. The molecule has 0 spiro atoms. The average molecular weight is 311 g/mol. The van der Waals surface area contributed by atoms with E-state index in [2.05, 4.69) is 4.98 Å². The normalized spacial score (nSPS) is 11.1. The van der Waals surface area contributed by atoms with Crippen molar-refractivity contribution in [2.24, 2.45) is 0 Å². The van der Waals surface area contributed by atoms with Gasteiger partial charge >= 0.3 is 0 Å². The summed E-state index contributed by atoms with van der Waals surface area (Å²) in [6, 6.07) is 5.07. The van der Waals surface area contributed by atoms with Crippen LogP contribution in [-0.4, -0.2) is 9.38 Å². The Morgan fingerprint density at radius 1 is 1.21 bits per heavy atom. The Hall–Kier alpha value is -1.36. The highest BCUT2D eigenvalue weighted by atomic mass is 35.5. The fourth-order valence-corrected chi connectivity index (χ4v) is 3.29. The van der Waals surface area contributed by atoms with Crippen LogP contribution in [0, 0.1) is 6.92 Å². The first kappa shape index (κ1) is 12.7. The first-order valence-electron chi connectivity index (χ1n) is 5.49. The van der Waals surface area contributed by atoms with Crippen molar-refractivity contribution in [2.75, 3.05) is 0 Å². The lowest BCUT2D eigenvalue weighted by Gasteiger charge is -2.06. The molecule has 0 atom stereocenters. The first-order valence-corrected chi connectivity index (χ1v) is 7.13. The molecule has 3 rings (SSSR count). The highest BCUT2D eigenvalue weighted by molar-refractivity contribution is 7.15. The van der Waals surface area contributed by atoms with Crippen LogP contribution in [0.25, 0.3) is 16.1 Å². The summed E-state index contributed by atoms with van der Waals surface area (Å²) in [4.78, 5) is 17.6. The number of thiazole rings is 1. The summed E-state index contributed by atoms with van der Waals surface area (Å²) in [7, 11) is 0. The molecule has 0 N–H and O–H groups in total. The number of hydrogen-bond donors (Lipinski definition) is 0. The van der Waals surface area contributed by atoms with Crippen LogP contribution in [0.2, 0.25) is 10.0 Å². The SMILES string of the molecule is Cc1nc2sccn2c(=O)c1-c1cc(Cl)cc(Cl)c1. The lowest BCUT2D eigenvalue weighted by atomic mass is 10.1. The topological polar surface area (TPSA) is 34.4 Å². The molecule has 3 nitrogen and oxygen atoms in total. The number of aromatic nitrogens is 2. The van der Waals surface area contributed by atoms with Gasteiger partial charge in [0, 0.05) is 21.6 Å². The van der Waals surface area contributed by atoms with Crippen molar-refractivity contribution in [2.45, 2.75) is 6.92 Å². The Morgan fingerprint density at radius 2 is 1.89 bits per heavy atom. The van der Waals surface area contributed by atoms with E-state index in [9.17, 15) is 4.79 Å². The van der Waals surface area contributed by atoms with Gasteiger partial charge in [0.15, 0.2) is 4.96 Å². The lowest BCUT2D eigenvalue weighted by molar-refractivity contribution is 1.05. The quantitative estimate of drug-likeness (QED) is 0.680. The maximum absolute atomic E-state index is 12.5. The Labute approximate surface area is 123 Å². The van der Waals surface area contributed by atoms with Crippen LogP contribution in [0.15, 0.2) is 34.6 Å². The minimum atomic E-state index is -0.109. The van der Waals surface area contributed by atoms with Crippen LogP contribution in [0.4, 0.5) is 0 Å². The van der Waals surface area contributed by atoms with Crippen molar-refractivity contribution in [1.29, 1.82) is 0 Å². The maximum Gasteiger partial charge on any atom is 0.266 e. The van der Waals surface area contributed by atoms with Crippen LogP contribution >= 0.6 is 34.5 Å². The van der Waals surface area contributed by atoms with Crippen LogP contribution in [-0.2, 0) is 0 Å². The summed E-state index contributed by atoms with van der Waals surface area (Å²) in [5.41, 5.74) is 1.78. The third-order valence-electron chi connectivity index (χ3n) is 2.80. The molecular formula is C13H8Cl2N2OS. The van der Waals surface area contributed by atoms with Gasteiger partial charge in [-0.15, -0.1) is 11.3 Å². The lowest BCUT2D eigenvalue weighted by Crippen LogP contribution is -2.16. The largest absolute Gasteiger partial charge is 0.268 e. The Balaban J connectivity index is 2.38. The van der Waals surface area contributed by atoms with Gasteiger partial charge in [0.1, 0.15) is 0 Å². The number of hydrogen-bond acceptors (Lipinski definition) is 3. The smallest absolute Gasteiger partial charge is 0.266 e. The first-order chi connectivity index (χ1) is 9.06. The van der Waals surface area contributed by atoms with Gasteiger partial charge in [0.05, 0.1) is 11.3 Å². The van der Waals surface area contributed by atoms with Crippen molar-refractivity contribution in [1.82, 2.24) is 9.38 Å². The number of halogens is 2. The fourth-order valence-electron chi connectivity index (χ4n) is 2.01. The molecule has 0 fully saturated rings. The van der Waals surface area contributed by atoms with E-state index in [0.717, 1.165) is 0 Å². The van der Waals surface area contributed by atoms with Gasteiger partial charge in [-0.25, -0.2) is 4.98 Å². The van der Waals surface area contributed by atoms with E-state index in [1.165, 1.54) is 15.7 Å². The predicted molar refractivity (Wildman–Crippen MR) is 79.5 cm³/mol. The van der Waals surface area contributed by atoms with Crippen LogP contribution < -0.4 is 5.56 Å². The van der Waals surface area contributed by atoms with Crippen LogP contribution in [0.3, 0.4) is 0 Å². The highest BCUT2D eigenvalue weighted by Crippen LogP contribution is 2.27. The van der Waals surface area contributed by atoms with E-state index in [1.54, 1.807) is 24.4 Å². The summed E-state index contributed by atoms with van der Waals surface area (Å²) < 4.78 is 1.53. The molecule has 0 amide bonds. The molecule has 0 aliphatic heterocycles. The molecule has 0 saturated heterocycles. The van der Waals surface area contributed by atoms with Gasteiger partial charge in [-0.3, -0.25) is 9.20 Å². The molecule has 0 aliphatic rings. The molecule has 19 heavy (non-hydrogen) atoms.